The molecule has 2 aromatic carbocycles. The molecule has 0 bridgehead atoms. The number of rotatable bonds is 4. The Balaban J connectivity index is 1.85. The van der Waals surface area contributed by atoms with Crippen LogP contribution in [0.3, 0.4) is 0 Å². The number of methoxy groups -OCH3 is 2. The quantitative estimate of drug-likeness (QED) is 0.582. The molecule has 1 N–H and O–H groups in total. The van der Waals surface area contributed by atoms with Crippen molar-refractivity contribution in [3.8, 4) is 11.3 Å². The number of imidazole rings is 1. The zero-order valence-corrected chi connectivity index (χ0v) is 15.1. The van der Waals surface area contributed by atoms with Crippen LogP contribution in [0.5, 0.6) is 0 Å². The molecule has 0 radical (unpaired) electrons. The van der Waals surface area contributed by atoms with Gasteiger partial charge in [-0.25, -0.2) is 9.78 Å². The largest absolute Gasteiger partial charge is 0.453 e. The summed E-state index contributed by atoms with van der Waals surface area (Å²) >= 11 is 0. The number of carbonyl (C=O) groups excluding carboxylic acids is 1. The Morgan fingerprint density at radius 1 is 1.15 bits per heavy atom. The molecule has 1 amide bonds. The number of amides is 1. The minimum absolute atomic E-state index is 0.501. The molecule has 0 saturated carbocycles. The van der Waals surface area contributed by atoms with Crippen LogP contribution in [-0.2, 0) is 16.1 Å². The number of fused-ring (bicyclic) bond motifs is 3. The molecule has 0 aliphatic carbocycles. The summed E-state index contributed by atoms with van der Waals surface area (Å²) in [6, 6.07) is 15.8. The van der Waals surface area contributed by atoms with E-state index in [0.717, 1.165) is 33.2 Å². The van der Waals surface area contributed by atoms with Crippen molar-refractivity contribution in [3.05, 3.63) is 66.5 Å². The van der Waals surface area contributed by atoms with E-state index in [9.17, 15) is 4.79 Å². The van der Waals surface area contributed by atoms with E-state index < -0.39 is 6.09 Å². The number of nitrogens with one attached hydrogen (secondary N) is 1. The minimum atomic E-state index is -0.501. The first-order valence-electron chi connectivity index (χ1n) is 8.53. The molecule has 0 spiro atoms. The number of ether oxygens (including phenoxy) is 2. The van der Waals surface area contributed by atoms with Crippen molar-refractivity contribution < 1.29 is 14.3 Å². The number of benzene rings is 2. The van der Waals surface area contributed by atoms with Gasteiger partial charge in [-0.05, 0) is 29.1 Å². The molecule has 2 heterocycles. The highest BCUT2D eigenvalue weighted by Gasteiger charge is 2.12. The second kappa shape index (κ2) is 7.09. The zero-order valence-electron chi connectivity index (χ0n) is 15.1. The summed E-state index contributed by atoms with van der Waals surface area (Å²) in [5.41, 5.74) is 4.48. The molecule has 2 aromatic heterocycles. The first-order chi connectivity index (χ1) is 13.2. The van der Waals surface area contributed by atoms with Crippen LogP contribution < -0.4 is 5.32 Å². The van der Waals surface area contributed by atoms with Crippen molar-refractivity contribution >= 4 is 28.2 Å². The number of pyridine rings is 1. The van der Waals surface area contributed by atoms with E-state index in [1.807, 2.05) is 65.3 Å². The maximum absolute atomic E-state index is 11.5. The number of anilines is 1. The van der Waals surface area contributed by atoms with Crippen LogP contribution in [0.25, 0.3) is 27.7 Å². The van der Waals surface area contributed by atoms with E-state index >= 15 is 0 Å². The van der Waals surface area contributed by atoms with E-state index in [1.54, 1.807) is 7.11 Å². The van der Waals surface area contributed by atoms with Gasteiger partial charge in [-0.3, -0.25) is 5.32 Å². The number of aromatic nitrogens is 2. The Hall–Kier alpha value is -3.38. The highest BCUT2D eigenvalue weighted by molar-refractivity contribution is 5.98. The van der Waals surface area contributed by atoms with E-state index in [0.29, 0.717) is 12.3 Å². The average molecular weight is 361 g/mol. The smallest absolute Gasteiger partial charge is 0.411 e. The number of hydrogen-bond acceptors (Lipinski definition) is 4. The molecule has 0 unspecified atom stereocenters. The molecule has 136 valence electrons. The fourth-order valence-electron chi connectivity index (χ4n) is 3.19. The summed E-state index contributed by atoms with van der Waals surface area (Å²) in [6.45, 7) is 0.526. The van der Waals surface area contributed by atoms with Gasteiger partial charge in [-0.2, -0.15) is 0 Å². The molecule has 0 saturated heterocycles. The van der Waals surface area contributed by atoms with Crippen LogP contribution in [0.1, 0.15) is 5.56 Å². The maximum atomic E-state index is 11.5. The lowest BCUT2D eigenvalue weighted by molar-refractivity contribution is 0.185. The number of carbonyl (C=O) groups is 1. The maximum Gasteiger partial charge on any atom is 0.411 e. The van der Waals surface area contributed by atoms with Gasteiger partial charge in [0, 0.05) is 36.1 Å². The van der Waals surface area contributed by atoms with Gasteiger partial charge in [-0.1, -0.05) is 30.3 Å². The monoisotopic (exact) mass is 361 g/mol. The SMILES string of the molecule is COCc1ccccc1-c1cn2ccc3ccc(NC(=O)OC)cc3c2n1. The van der Waals surface area contributed by atoms with Gasteiger partial charge in [0.05, 0.1) is 19.4 Å². The third-order valence-corrected chi connectivity index (χ3v) is 4.47. The van der Waals surface area contributed by atoms with Gasteiger partial charge in [-0.15, -0.1) is 0 Å². The predicted octanol–water partition coefficient (Wildman–Crippen LogP) is 4.48. The van der Waals surface area contributed by atoms with E-state index in [-0.39, 0.29) is 0 Å². The third kappa shape index (κ3) is 3.22. The summed E-state index contributed by atoms with van der Waals surface area (Å²) in [7, 11) is 3.02. The van der Waals surface area contributed by atoms with Crippen molar-refractivity contribution in [2.45, 2.75) is 6.61 Å². The van der Waals surface area contributed by atoms with Crippen LogP contribution in [0, 0.1) is 0 Å². The average Bonchev–Trinajstić information content (AvgIpc) is 3.13. The standard InChI is InChI=1S/C21H19N3O3/c1-26-13-15-5-3-4-6-17(15)19-12-24-10-9-14-7-8-16(22-21(25)27-2)11-18(14)20(24)23-19/h3-12H,13H2,1-2H3,(H,22,25). The lowest BCUT2D eigenvalue weighted by atomic mass is 10.1. The summed E-state index contributed by atoms with van der Waals surface area (Å²) in [5, 5.41) is 4.69. The predicted molar refractivity (Wildman–Crippen MR) is 105 cm³/mol. The number of nitrogens with zero attached hydrogens (tertiary/aromatic N) is 2. The van der Waals surface area contributed by atoms with Crippen molar-refractivity contribution in [2.24, 2.45) is 0 Å². The second-order valence-electron chi connectivity index (χ2n) is 6.18. The van der Waals surface area contributed by atoms with Gasteiger partial charge in [0.25, 0.3) is 0 Å². The lowest BCUT2D eigenvalue weighted by Gasteiger charge is -2.06. The van der Waals surface area contributed by atoms with Crippen molar-refractivity contribution in [2.75, 3.05) is 19.5 Å². The molecular weight excluding hydrogens is 342 g/mol. The normalized spacial score (nSPS) is 11.0. The lowest BCUT2D eigenvalue weighted by Crippen LogP contribution is -2.10. The summed E-state index contributed by atoms with van der Waals surface area (Å²) in [4.78, 5) is 16.4. The summed E-state index contributed by atoms with van der Waals surface area (Å²) in [5.74, 6) is 0. The fourth-order valence-corrected chi connectivity index (χ4v) is 3.19. The topological polar surface area (TPSA) is 64.9 Å². The van der Waals surface area contributed by atoms with Crippen LogP contribution >= 0.6 is 0 Å². The molecule has 4 rings (SSSR count). The van der Waals surface area contributed by atoms with Crippen molar-refractivity contribution in [1.82, 2.24) is 9.38 Å². The van der Waals surface area contributed by atoms with Crippen LogP contribution in [-0.4, -0.2) is 29.7 Å². The molecule has 6 nitrogen and oxygen atoms in total. The van der Waals surface area contributed by atoms with Crippen LogP contribution in [0.2, 0.25) is 0 Å². The first kappa shape index (κ1) is 17.1. The van der Waals surface area contributed by atoms with E-state index in [2.05, 4.69) is 10.1 Å². The molecule has 0 aliphatic rings. The summed E-state index contributed by atoms with van der Waals surface area (Å²) < 4.78 is 12.0. The molecule has 0 atom stereocenters. The third-order valence-electron chi connectivity index (χ3n) is 4.47. The second-order valence-corrected chi connectivity index (χ2v) is 6.18. The van der Waals surface area contributed by atoms with E-state index in [1.165, 1.54) is 7.11 Å². The molecule has 6 heteroatoms. The van der Waals surface area contributed by atoms with Crippen LogP contribution in [0.15, 0.2) is 60.9 Å². The summed E-state index contributed by atoms with van der Waals surface area (Å²) in [6.07, 6.45) is 3.49. The van der Waals surface area contributed by atoms with Gasteiger partial charge in [0.15, 0.2) is 0 Å². The first-order valence-corrected chi connectivity index (χ1v) is 8.53. The Bertz CT molecular complexity index is 1130. The highest BCUT2D eigenvalue weighted by Crippen LogP contribution is 2.28. The Labute approximate surface area is 156 Å². The molecule has 4 aromatic rings. The van der Waals surface area contributed by atoms with Gasteiger partial charge in [0.1, 0.15) is 5.65 Å². The fraction of sp³-hybridized carbons (Fsp3) is 0.143. The zero-order chi connectivity index (χ0) is 18.8. The Morgan fingerprint density at radius 3 is 2.81 bits per heavy atom. The van der Waals surface area contributed by atoms with Gasteiger partial charge >= 0.3 is 6.09 Å². The molecular formula is C21H19N3O3. The Morgan fingerprint density at radius 2 is 2.00 bits per heavy atom. The number of hydrogen-bond donors (Lipinski definition) is 1. The van der Waals surface area contributed by atoms with Crippen molar-refractivity contribution in [1.29, 1.82) is 0 Å². The molecule has 0 aliphatic heterocycles. The van der Waals surface area contributed by atoms with Crippen molar-refractivity contribution in [3.63, 3.8) is 0 Å². The molecule has 0 fully saturated rings. The van der Waals surface area contributed by atoms with Gasteiger partial charge < -0.3 is 13.9 Å². The Kier molecular flexibility index (Phi) is 4.48. The minimum Gasteiger partial charge on any atom is -0.453 e. The molecule has 27 heavy (non-hydrogen) atoms. The van der Waals surface area contributed by atoms with Crippen LogP contribution in [0.4, 0.5) is 10.5 Å². The van der Waals surface area contributed by atoms with E-state index in [4.69, 9.17) is 9.72 Å². The van der Waals surface area contributed by atoms with Gasteiger partial charge in [0.2, 0.25) is 0 Å². The highest BCUT2D eigenvalue weighted by atomic mass is 16.5.